The van der Waals surface area contributed by atoms with Crippen LogP contribution in [0.3, 0.4) is 0 Å². The molecule has 0 spiro atoms. The first-order chi connectivity index (χ1) is 8.18. The number of carbonyl (C=O) groups is 1. The molecule has 0 aliphatic rings. The Balaban J connectivity index is 2.13. The van der Waals surface area contributed by atoms with Crippen LogP contribution in [-0.4, -0.2) is 27.8 Å². The van der Waals surface area contributed by atoms with Crippen molar-refractivity contribution in [2.24, 2.45) is 0 Å². The molecule has 0 N–H and O–H groups in total. The van der Waals surface area contributed by atoms with Gasteiger partial charge in [0.05, 0.1) is 23.3 Å². The zero-order valence-electron chi connectivity index (χ0n) is 9.13. The fourth-order valence-electron chi connectivity index (χ4n) is 1.38. The minimum atomic E-state index is -0.748. The fraction of sp³-hybridized carbons (Fsp3) is 0.182. The summed E-state index contributed by atoms with van der Waals surface area (Å²) in [6.07, 6.45) is 1.31. The second-order valence-corrected chi connectivity index (χ2v) is 4.20. The topological polar surface area (TPSA) is 46.1 Å². The molecule has 6 heteroatoms. The summed E-state index contributed by atoms with van der Waals surface area (Å²) < 4.78 is 13.3. The van der Waals surface area contributed by atoms with Crippen molar-refractivity contribution < 1.29 is 9.18 Å². The van der Waals surface area contributed by atoms with Crippen molar-refractivity contribution in [3.05, 3.63) is 46.4 Å². The molecule has 0 saturated carbocycles. The van der Waals surface area contributed by atoms with Gasteiger partial charge in [-0.3, -0.25) is 4.79 Å². The highest BCUT2D eigenvalue weighted by Crippen LogP contribution is 2.10. The standard InChI is InChI=1S/C11H10FN3OS/c1-15(5-8-6-17-7-14-8)11(16)9-3-2-4-13-10(9)12/h2-4,6-7H,5H2,1H3. The lowest BCUT2D eigenvalue weighted by Gasteiger charge is -2.15. The van der Waals surface area contributed by atoms with Crippen molar-refractivity contribution in [3.8, 4) is 0 Å². The molecule has 2 rings (SSSR count). The molecule has 4 nitrogen and oxygen atoms in total. The van der Waals surface area contributed by atoms with Crippen LogP contribution in [0.4, 0.5) is 4.39 Å². The molecule has 0 aromatic carbocycles. The molecule has 2 aromatic rings. The molecular formula is C11H10FN3OS. The van der Waals surface area contributed by atoms with Crippen LogP contribution in [0.1, 0.15) is 16.1 Å². The van der Waals surface area contributed by atoms with E-state index in [1.807, 2.05) is 5.38 Å². The van der Waals surface area contributed by atoms with Crippen LogP contribution in [0.25, 0.3) is 0 Å². The quantitative estimate of drug-likeness (QED) is 0.783. The van der Waals surface area contributed by atoms with E-state index < -0.39 is 11.9 Å². The van der Waals surface area contributed by atoms with Gasteiger partial charge in [0.25, 0.3) is 5.91 Å². The number of aromatic nitrogens is 2. The highest BCUT2D eigenvalue weighted by Gasteiger charge is 2.17. The van der Waals surface area contributed by atoms with Crippen LogP contribution in [0.15, 0.2) is 29.2 Å². The maximum Gasteiger partial charge on any atom is 0.258 e. The molecule has 88 valence electrons. The highest BCUT2D eigenvalue weighted by molar-refractivity contribution is 7.07. The Morgan fingerprint density at radius 2 is 2.35 bits per heavy atom. The van der Waals surface area contributed by atoms with Crippen LogP contribution >= 0.6 is 11.3 Å². The molecule has 0 fully saturated rings. The van der Waals surface area contributed by atoms with Crippen molar-refractivity contribution in [3.63, 3.8) is 0 Å². The summed E-state index contributed by atoms with van der Waals surface area (Å²) in [5, 5.41) is 1.85. The smallest absolute Gasteiger partial charge is 0.258 e. The van der Waals surface area contributed by atoms with Crippen molar-refractivity contribution in [1.29, 1.82) is 0 Å². The van der Waals surface area contributed by atoms with Gasteiger partial charge >= 0.3 is 0 Å². The predicted octanol–water partition coefficient (Wildman–Crippen LogP) is 1.95. The summed E-state index contributed by atoms with van der Waals surface area (Å²) >= 11 is 1.46. The summed E-state index contributed by atoms with van der Waals surface area (Å²) in [7, 11) is 1.61. The van der Waals surface area contributed by atoms with E-state index in [1.165, 1.54) is 34.6 Å². The number of pyridine rings is 1. The SMILES string of the molecule is CN(Cc1cscn1)C(=O)c1cccnc1F. The van der Waals surface area contributed by atoms with E-state index in [0.29, 0.717) is 6.54 Å². The normalized spacial score (nSPS) is 10.2. The second kappa shape index (κ2) is 5.01. The monoisotopic (exact) mass is 251 g/mol. The first-order valence-corrected chi connectivity index (χ1v) is 5.86. The summed E-state index contributed by atoms with van der Waals surface area (Å²) in [4.78, 5) is 20.8. The summed E-state index contributed by atoms with van der Waals surface area (Å²) in [6.45, 7) is 0.358. The Bertz CT molecular complexity index is 515. The van der Waals surface area contributed by atoms with E-state index in [4.69, 9.17) is 0 Å². The lowest BCUT2D eigenvalue weighted by Crippen LogP contribution is -2.27. The van der Waals surface area contributed by atoms with Gasteiger partial charge < -0.3 is 4.90 Å². The van der Waals surface area contributed by atoms with Gasteiger partial charge in [-0.1, -0.05) is 0 Å². The molecule has 0 aliphatic carbocycles. The Kier molecular flexibility index (Phi) is 3.43. The number of nitrogens with zero attached hydrogens (tertiary/aromatic N) is 3. The maximum absolute atomic E-state index is 13.3. The van der Waals surface area contributed by atoms with Gasteiger partial charge in [-0.05, 0) is 12.1 Å². The lowest BCUT2D eigenvalue weighted by molar-refractivity contribution is 0.0778. The maximum atomic E-state index is 13.3. The van der Waals surface area contributed by atoms with Crippen LogP contribution in [0, 0.1) is 5.95 Å². The van der Waals surface area contributed by atoms with Crippen molar-refractivity contribution >= 4 is 17.2 Å². The molecule has 0 radical (unpaired) electrons. The first-order valence-electron chi connectivity index (χ1n) is 4.91. The number of halogens is 1. The second-order valence-electron chi connectivity index (χ2n) is 3.48. The van der Waals surface area contributed by atoms with E-state index in [1.54, 1.807) is 12.6 Å². The Morgan fingerprint density at radius 3 is 3.00 bits per heavy atom. The van der Waals surface area contributed by atoms with Gasteiger partial charge in [-0.2, -0.15) is 4.39 Å². The molecule has 17 heavy (non-hydrogen) atoms. The van der Waals surface area contributed by atoms with E-state index in [-0.39, 0.29) is 5.56 Å². The van der Waals surface area contributed by atoms with Gasteiger partial charge in [0.2, 0.25) is 5.95 Å². The van der Waals surface area contributed by atoms with Gasteiger partial charge in [0, 0.05) is 18.6 Å². The van der Waals surface area contributed by atoms with Gasteiger partial charge in [-0.25, -0.2) is 9.97 Å². The predicted molar refractivity (Wildman–Crippen MR) is 62.1 cm³/mol. The van der Waals surface area contributed by atoms with Crippen LogP contribution in [-0.2, 0) is 6.54 Å². The van der Waals surface area contributed by atoms with E-state index in [9.17, 15) is 9.18 Å². The van der Waals surface area contributed by atoms with Crippen molar-refractivity contribution in [2.75, 3.05) is 7.05 Å². The average Bonchev–Trinajstić information content (AvgIpc) is 2.81. The number of carbonyl (C=O) groups excluding carboxylic acids is 1. The highest BCUT2D eigenvalue weighted by atomic mass is 32.1. The van der Waals surface area contributed by atoms with Crippen LogP contribution in [0.5, 0.6) is 0 Å². The molecule has 0 aliphatic heterocycles. The number of rotatable bonds is 3. The fourth-order valence-corrected chi connectivity index (χ4v) is 1.93. The van der Waals surface area contributed by atoms with Crippen LogP contribution < -0.4 is 0 Å². The summed E-state index contributed by atoms with van der Waals surface area (Å²) in [5.41, 5.74) is 2.46. The number of thiazole rings is 1. The van der Waals surface area contributed by atoms with Gasteiger partial charge in [0.1, 0.15) is 0 Å². The third kappa shape index (κ3) is 2.65. The van der Waals surface area contributed by atoms with E-state index in [2.05, 4.69) is 9.97 Å². The zero-order chi connectivity index (χ0) is 12.3. The number of hydrogen-bond acceptors (Lipinski definition) is 4. The van der Waals surface area contributed by atoms with Crippen LogP contribution in [0.2, 0.25) is 0 Å². The van der Waals surface area contributed by atoms with Gasteiger partial charge in [-0.15, -0.1) is 11.3 Å². The Morgan fingerprint density at radius 1 is 1.53 bits per heavy atom. The molecule has 0 saturated heterocycles. The molecule has 0 bridgehead atoms. The molecule has 0 atom stereocenters. The molecular weight excluding hydrogens is 241 g/mol. The average molecular weight is 251 g/mol. The zero-order valence-corrected chi connectivity index (χ0v) is 9.95. The van der Waals surface area contributed by atoms with Crippen molar-refractivity contribution in [2.45, 2.75) is 6.54 Å². The third-order valence-electron chi connectivity index (χ3n) is 2.22. The van der Waals surface area contributed by atoms with E-state index >= 15 is 0 Å². The number of amides is 1. The minimum Gasteiger partial charge on any atom is -0.336 e. The number of hydrogen-bond donors (Lipinski definition) is 0. The molecule has 1 amide bonds. The Labute approximate surface area is 102 Å². The lowest BCUT2D eigenvalue weighted by atomic mass is 10.2. The summed E-state index contributed by atoms with van der Waals surface area (Å²) in [6, 6.07) is 2.95. The molecule has 0 unspecified atom stereocenters. The van der Waals surface area contributed by atoms with Gasteiger partial charge in [0.15, 0.2) is 0 Å². The first kappa shape index (κ1) is 11.7. The largest absolute Gasteiger partial charge is 0.336 e. The Hall–Kier alpha value is -1.82. The molecule has 2 aromatic heterocycles. The third-order valence-corrected chi connectivity index (χ3v) is 2.85. The summed E-state index contributed by atoms with van der Waals surface area (Å²) in [5.74, 6) is -1.15. The van der Waals surface area contributed by atoms with E-state index in [0.717, 1.165) is 5.69 Å². The molecule has 2 heterocycles. The van der Waals surface area contributed by atoms with Crippen molar-refractivity contribution in [1.82, 2.24) is 14.9 Å². The minimum absolute atomic E-state index is 0.0229.